The second-order valence-electron chi connectivity index (χ2n) is 2.83. The molecule has 0 unspecified atom stereocenters. The second kappa shape index (κ2) is 4.18. The lowest BCUT2D eigenvalue weighted by Gasteiger charge is -2.06. The van der Waals surface area contributed by atoms with E-state index < -0.39 is 24.2 Å². The minimum atomic E-state index is -4.89. The molecule has 0 atom stereocenters. The Morgan fingerprint density at radius 2 is 1.93 bits per heavy atom. The molecule has 0 saturated carbocycles. The van der Waals surface area contributed by atoms with Crippen LogP contribution in [0.5, 0.6) is 0 Å². The Morgan fingerprint density at radius 3 is 2.40 bits per heavy atom. The highest BCUT2D eigenvalue weighted by atomic mass is 35.5. The molecule has 0 fully saturated rings. The highest BCUT2D eigenvalue weighted by Crippen LogP contribution is 2.23. The molecule has 0 N–H and O–H groups in total. The zero-order chi connectivity index (χ0) is 11.6. The summed E-state index contributed by atoms with van der Waals surface area (Å²) in [6, 6.07) is 2.87. The first-order valence-corrected chi connectivity index (χ1v) is 4.22. The summed E-state index contributed by atoms with van der Waals surface area (Å²) >= 11 is 5.46. The third-order valence-corrected chi connectivity index (χ3v) is 2.03. The summed E-state index contributed by atoms with van der Waals surface area (Å²) < 4.78 is 48.2. The molecular weight excluding hydrogens is 236 g/mol. The molecule has 0 amide bonds. The predicted octanol–water partition coefficient (Wildman–Crippen LogP) is 3.15. The Hall–Kier alpha value is -1.10. The van der Waals surface area contributed by atoms with Crippen molar-refractivity contribution in [3.63, 3.8) is 0 Å². The third-order valence-electron chi connectivity index (χ3n) is 1.68. The van der Waals surface area contributed by atoms with E-state index in [1.165, 1.54) is 0 Å². The summed E-state index contributed by atoms with van der Waals surface area (Å²) in [5, 5.41) is -0.187. The minimum absolute atomic E-state index is 0.0413. The molecule has 0 aliphatic carbocycles. The highest BCUT2D eigenvalue weighted by Gasteiger charge is 2.38. The molecule has 6 heteroatoms. The molecule has 0 heterocycles. The van der Waals surface area contributed by atoms with Crippen molar-refractivity contribution in [2.75, 3.05) is 0 Å². The minimum Gasteiger partial charge on any atom is -0.289 e. The van der Waals surface area contributed by atoms with E-state index in [1.54, 1.807) is 0 Å². The first kappa shape index (κ1) is 12.0. The Bertz CT molecular complexity index is 386. The van der Waals surface area contributed by atoms with Crippen LogP contribution in [0, 0.1) is 5.82 Å². The van der Waals surface area contributed by atoms with Gasteiger partial charge in [0.15, 0.2) is 0 Å². The van der Waals surface area contributed by atoms with Gasteiger partial charge in [0.1, 0.15) is 5.82 Å². The molecular formula is C9H5ClF4O. The molecule has 15 heavy (non-hydrogen) atoms. The number of alkyl halides is 3. The highest BCUT2D eigenvalue weighted by molar-refractivity contribution is 6.31. The van der Waals surface area contributed by atoms with Crippen LogP contribution in [0.1, 0.15) is 5.56 Å². The van der Waals surface area contributed by atoms with Crippen LogP contribution < -0.4 is 0 Å². The van der Waals surface area contributed by atoms with Crippen molar-refractivity contribution in [2.45, 2.75) is 12.6 Å². The van der Waals surface area contributed by atoms with E-state index in [2.05, 4.69) is 0 Å². The van der Waals surface area contributed by atoms with Crippen molar-refractivity contribution in [1.82, 2.24) is 0 Å². The van der Waals surface area contributed by atoms with E-state index in [4.69, 9.17) is 11.6 Å². The first-order chi connectivity index (χ1) is 6.80. The van der Waals surface area contributed by atoms with Crippen LogP contribution in [0.25, 0.3) is 0 Å². The smallest absolute Gasteiger partial charge is 0.289 e. The lowest BCUT2D eigenvalue weighted by Crippen LogP contribution is -2.24. The normalized spacial score (nSPS) is 11.5. The van der Waals surface area contributed by atoms with Gasteiger partial charge in [0.2, 0.25) is 5.78 Å². The van der Waals surface area contributed by atoms with Gasteiger partial charge in [0.05, 0.1) is 0 Å². The zero-order valence-corrected chi connectivity index (χ0v) is 7.99. The van der Waals surface area contributed by atoms with Gasteiger partial charge in [-0.05, 0) is 17.7 Å². The van der Waals surface area contributed by atoms with Crippen molar-refractivity contribution in [1.29, 1.82) is 0 Å². The van der Waals surface area contributed by atoms with E-state index in [-0.39, 0.29) is 10.6 Å². The standard InChI is InChI=1S/C9H5ClF4O/c10-7-4-6(11)2-1-5(7)3-8(15)9(12,13)14/h1-2,4H,3H2. The van der Waals surface area contributed by atoms with Crippen molar-refractivity contribution >= 4 is 17.4 Å². The zero-order valence-electron chi connectivity index (χ0n) is 7.24. The number of hydrogen-bond donors (Lipinski definition) is 0. The summed E-state index contributed by atoms with van der Waals surface area (Å²) in [4.78, 5) is 10.6. The molecule has 1 nitrogen and oxygen atoms in total. The van der Waals surface area contributed by atoms with Gasteiger partial charge in [-0.3, -0.25) is 4.79 Å². The first-order valence-electron chi connectivity index (χ1n) is 3.84. The molecule has 0 radical (unpaired) electrons. The van der Waals surface area contributed by atoms with Gasteiger partial charge >= 0.3 is 6.18 Å². The fourth-order valence-corrected chi connectivity index (χ4v) is 1.17. The van der Waals surface area contributed by atoms with Crippen molar-refractivity contribution in [2.24, 2.45) is 0 Å². The Labute approximate surface area is 87.7 Å². The van der Waals surface area contributed by atoms with Gasteiger partial charge in [-0.15, -0.1) is 0 Å². The van der Waals surface area contributed by atoms with Crippen molar-refractivity contribution in [3.05, 3.63) is 34.6 Å². The van der Waals surface area contributed by atoms with E-state index >= 15 is 0 Å². The maximum atomic E-state index is 12.5. The van der Waals surface area contributed by atoms with Crippen LogP contribution in [0.15, 0.2) is 18.2 Å². The number of Topliss-reactive ketones (excluding diaryl/α,β-unsaturated/α-hetero) is 1. The molecule has 1 aromatic rings. The second-order valence-corrected chi connectivity index (χ2v) is 3.24. The third kappa shape index (κ3) is 3.20. The number of carbonyl (C=O) groups excluding carboxylic acids is 1. The van der Waals surface area contributed by atoms with Gasteiger partial charge in [-0.2, -0.15) is 13.2 Å². The molecule has 1 rings (SSSR count). The summed E-state index contributed by atoms with van der Waals surface area (Å²) in [6.45, 7) is 0. The summed E-state index contributed by atoms with van der Waals surface area (Å²) in [6.07, 6.45) is -5.76. The summed E-state index contributed by atoms with van der Waals surface area (Å²) in [5.41, 5.74) is -0.0413. The molecule has 0 saturated heterocycles. The number of hydrogen-bond acceptors (Lipinski definition) is 1. The number of rotatable bonds is 2. The lowest BCUT2D eigenvalue weighted by molar-refractivity contribution is -0.170. The molecule has 0 spiro atoms. The van der Waals surface area contributed by atoms with E-state index in [0.717, 1.165) is 18.2 Å². The fraction of sp³-hybridized carbons (Fsp3) is 0.222. The molecule has 0 aliphatic heterocycles. The summed E-state index contributed by atoms with van der Waals surface area (Å²) in [7, 11) is 0. The molecule has 0 aromatic heterocycles. The van der Waals surface area contributed by atoms with Gasteiger partial charge in [-0.25, -0.2) is 4.39 Å². The maximum Gasteiger partial charge on any atom is 0.450 e. The molecule has 1 aromatic carbocycles. The van der Waals surface area contributed by atoms with Gasteiger partial charge in [-0.1, -0.05) is 17.7 Å². The van der Waals surface area contributed by atoms with E-state index in [9.17, 15) is 22.4 Å². The van der Waals surface area contributed by atoms with Crippen LogP contribution in [0.3, 0.4) is 0 Å². The van der Waals surface area contributed by atoms with E-state index in [0.29, 0.717) is 0 Å². The van der Waals surface area contributed by atoms with Crippen molar-refractivity contribution < 1.29 is 22.4 Å². The Balaban J connectivity index is 2.87. The van der Waals surface area contributed by atoms with Crippen LogP contribution in [-0.2, 0) is 11.2 Å². The van der Waals surface area contributed by atoms with E-state index in [1.807, 2.05) is 0 Å². The van der Waals surface area contributed by atoms with Gasteiger partial charge < -0.3 is 0 Å². The lowest BCUT2D eigenvalue weighted by atomic mass is 10.1. The quantitative estimate of drug-likeness (QED) is 0.726. The average Bonchev–Trinajstić information content (AvgIpc) is 2.08. The van der Waals surface area contributed by atoms with Gasteiger partial charge in [0, 0.05) is 11.4 Å². The maximum absolute atomic E-state index is 12.5. The van der Waals surface area contributed by atoms with Crippen LogP contribution in [0.2, 0.25) is 5.02 Å². The average molecular weight is 241 g/mol. The Kier molecular flexibility index (Phi) is 3.34. The number of halogens is 5. The van der Waals surface area contributed by atoms with Crippen molar-refractivity contribution in [3.8, 4) is 0 Å². The molecule has 0 bridgehead atoms. The largest absolute Gasteiger partial charge is 0.450 e. The monoisotopic (exact) mass is 240 g/mol. The number of benzene rings is 1. The van der Waals surface area contributed by atoms with Crippen LogP contribution >= 0.6 is 11.6 Å². The molecule has 82 valence electrons. The topological polar surface area (TPSA) is 17.1 Å². The van der Waals surface area contributed by atoms with Crippen LogP contribution in [-0.4, -0.2) is 12.0 Å². The SMILES string of the molecule is O=C(Cc1ccc(F)cc1Cl)C(F)(F)F. The fourth-order valence-electron chi connectivity index (χ4n) is 0.938. The molecule has 0 aliphatic rings. The summed E-state index contributed by atoms with van der Waals surface area (Å²) in [5.74, 6) is -2.57. The van der Waals surface area contributed by atoms with Crippen LogP contribution in [0.4, 0.5) is 17.6 Å². The number of carbonyl (C=O) groups is 1. The Morgan fingerprint density at radius 1 is 1.33 bits per heavy atom. The predicted molar refractivity (Wildman–Crippen MR) is 46.2 cm³/mol. The number of ketones is 1. The van der Waals surface area contributed by atoms with Gasteiger partial charge in [0.25, 0.3) is 0 Å².